The molecule has 1 atom stereocenters. The normalized spacial score (nSPS) is 16.1. The molecule has 0 saturated carbocycles. The number of ether oxygens (including phenoxy) is 2. The molecule has 1 aromatic rings. The topological polar surface area (TPSA) is 76.1 Å². The van der Waals surface area contributed by atoms with Crippen molar-refractivity contribution in [2.45, 2.75) is 18.9 Å². The lowest BCUT2D eigenvalue weighted by atomic mass is 10.2. The first-order chi connectivity index (χ1) is 11.7. The van der Waals surface area contributed by atoms with Crippen molar-refractivity contribution in [1.82, 2.24) is 4.90 Å². The lowest BCUT2D eigenvalue weighted by Gasteiger charge is -2.25. The van der Waals surface area contributed by atoms with Crippen LogP contribution in [0.4, 0.5) is 0 Å². The summed E-state index contributed by atoms with van der Waals surface area (Å²) in [5, 5.41) is 9.87. The van der Waals surface area contributed by atoms with Crippen molar-refractivity contribution < 1.29 is 24.2 Å². The van der Waals surface area contributed by atoms with E-state index in [0.717, 1.165) is 0 Å². The maximum Gasteiger partial charge on any atom is 0.338 e. The molecule has 2 rings (SSSR count). The van der Waals surface area contributed by atoms with Gasteiger partial charge < -0.3 is 19.5 Å². The van der Waals surface area contributed by atoms with Crippen molar-refractivity contribution in [3.8, 4) is 0 Å². The van der Waals surface area contributed by atoms with E-state index in [4.69, 9.17) is 9.47 Å². The number of aliphatic hydroxyl groups is 1. The molecule has 0 radical (unpaired) electrons. The number of aliphatic hydroxyl groups excluding tert-OH is 1. The van der Waals surface area contributed by atoms with E-state index in [-0.39, 0.29) is 12.5 Å². The summed E-state index contributed by atoms with van der Waals surface area (Å²) in [5.41, 5.74) is 0.489. The summed E-state index contributed by atoms with van der Waals surface area (Å²) in [6, 6.07) is 8.71. The van der Waals surface area contributed by atoms with Gasteiger partial charge in [0.1, 0.15) is 0 Å². The molecule has 24 heavy (non-hydrogen) atoms. The molecule has 1 amide bonds. The Balaban J connectivity index is 1.62. The molecule has 0 bridgehead atoms. The Kier molecular flexibility index (Phi) is 7.45. The molecule has 1 heterocycles. The van der Waals surface area contributed by atoms with Crippen LogP contribution in [0.25, 0.3) is 0 Å². The standard InChI is InChI=1S/C18H23NO5/c20-16(7-4-8-17(21)19-10-13-23-14-11-19)9-12-24-18(22)15-5-2-1-3-6-15/h1-6,8,16,20H,7,9-14H2/b8-4+/t16-/m1/s1. The summed E-state index contributed by atoms with van der Waals surface area (Å²) in [6.07, 6.45) is 3.15. The van der Waals surface area contributed by atoms with Gasteiger partial charge in [-0.1, -0.05) is 24.3 Å². The van der Waals surface area contributed by atoms with Gasteiger partial charge in [0.25, 0.3) is 0 Å². The number of morpholine rings is 1. The molecule has 0 aromatic heterocycles. The molecular weight excluding hydrogens is 310 g/mol. The lowest BCUT2D eigenvalue weighted by Crippen LogP contribution is -2.39. The highest BCUT2D eigenvalue weighted by Gasteiger charge is 2.14. The van der Waals surface area contributed by atoms with Crippen LogP contribution in [0.2, 0.25) is 0 Å². The van der Waals surface area contributed by atoms with E-state index in [1.807, 2.05) is 6.07 Å². The van der Waals surface area contributed by atoms with E-state index in [9.17, 15) is 14.7 Å². The number of esters is 1. The van der Waals surface area contributed by atoms with Crippen molar-refractivity contribution in [2.75, 3.05) is 32.9 Å². The van der Waals surface area contributed by atoms with Gasteiger partial charge in [-0.15, -0.1) is 0 Å². The molecule has 1 fully saturated rings. The third-order valence-corrected chi connectivity index (χ3v) is 3.69. The maximum absolute atomic E-state index is 11.9. The fraction of sp³-hybridized carbons (Fsp3) is 0.444. The molecular formula is C18H23NO5. The third kappa shape index (κ3) is 6.14. The van der Waals surface area contributed by atoms with Crippen LogP contribution in [0, 0.1) is 0 Å². The number of hydrogen-bond acceptors (Lipinski definition) is 5. The number of hydrogen-bond donors (Lipinski definition) is 1. The minimum absolute atomic E-state index is 0.0685. The Bertz CT molecular complexity index is 552. The number of benzene rings is 1. The van der Waals surface area contributed by atoms with Crippen molar-refractivity contribution in [1.29, 1.82) is 0 Å². The van der Waals surface area contributed by atoms with Crippen molar-refractivity contribution in [2.24, 2.45) is 0 Å². The number of carbonyl (C=O) groups is 2. The van der Waals surface area contributed by atoms with Gasteiger partial charge in [-0.2, -0.15) is 0 Å². The summed E-state index contributed by atoms with van der Waals surface area (Å²) in [6.45, 7) is 2.46. The number of carbonyl (C=O) groups excluding carboxylic acids is 2. The Morgan fingerprint density at radius 2 is 1.96 bits per heavy atom. The number of rotatable bonds is 7. The first-order valence-corrected chi connectivity index (χ1v) is 8.10. The van der Waals surface area contributed by atoms with Crippen LogP contribution in [0.15, 0.2) is 42.5 Å². The van der Waals surface area contributed by atoms with Crippen molar-refractivity contribution in [3.05, 3.63) is 48.0 Å². The fourth-order valence-electron chi connectivity index (χ4n) is 2.28. The van der Waals surface area contributed by atoms with Crippen molar-refractivity contribution >= 4 is 11.9 Å². The average molecular weight is 333 g/mol. The summed E-state index contributed by atoms with van der Waals surface area (Å²) >= 11 is 0. The van der Waals surface area contributed by atoms with Crippen LogP contribution in [0.1, 0.15) is 23.2 Å². The highest BCUT2D eigenvalue weighted by molar-refractivity contribution is 5.89. The van der Waals surface area contributed by atoms with Crippen LogP contribution in [-0.4, -0.2) is 60.9 Å². The van der Waals surface area contributed by atoms with E-state index in [2.05, 4.69) is 0 Å². The maximum atomic E-state index is 11.9. The fourth-order valence-corrected chi connectivity index (χ4v) is 2.28. The number of amides is 1. The smallest absolute Gasteiger partial charge is 0.338 e. The lowest BCUT2D eigenvalue weighted by molar-refractivity contribution is -0.129. The zero-order chi connectivity index (χ0) is 17.2. The Morgan fingerprint density at radius 3 is 2.67 bits per heavy atom. The van der Waals surface area contributed by atoms with E-state index < -0.39 is 12.1 Å². The van der Waals surface area contributed by atoms with Crippen molar-refractivity contribution in [3.63, 3.8) is 0 Å². The van der Waals surface area contributed by atoms with E-state index in [1.54, 1.807) is 35.2 Å². The quantitative estimate of drug-likeness (QED) is 0.603. The Labute approximate surface area is 141 Å². The van der Waals surface area contributed by atoms with Gasteiger partial charge in [0.05, 0.1) is 31.5 Å². The molecule has 1 saturated heterocycles. The van der Waals surface area contributed by atoms with Gasteiger partial charge in [0.15, 0.2) is 0 Å². The summed E-state index contributed by atoms with van der Waals surface area (Å²) in [7, 11) is 0. The first-order valence-electron chi connectivity index (χ1n) is 8.10. The molecule has 6 heteroatoms. The third-order valence-electron chi connectivity index (χ3n) is 3.69. The zero-order valence-corrected chi connectivity index (χ0v) is 13.6. The minimum atomic E-state index is -0.651. The van der Waals surface area contributed by atoms with Gasteiger partial charge in [-0.3, -0.25) is 4.79 Å². The zero-order valence-electron chi connectivity index (χ0n) is 13.6. The highest BCUT2D eigenvalue weighted by atomic mass is 16.5. The average Bonchev–Trinajstić information content (AvgIpc) is 2.63. The second-order valence-corrected chi connectivity index (χ2v) is 5.52. The second-order valence-electron chi connectivity index (χ2n) is 5.52. The Hall–Kier alpha value is -2.18. The molecule has 1 aliphatic rings. The van der Waals surface area contributed by atoms with Crippen LogP contribution in [0.3, 0.4) is 0 Å². The van der Waals surface area contributed by atoms with E-state index in [0.29, 0.717) is 44.7 Å². The predicted octanol–water partition coefficient (Wildman–Crippen LogP) is 1.40. The van der Waals surface area contributed by atoms with Gasteiger partial charge >= 0.3 is 5.97 Å². The SMILES string of the molecule is O=C(OCC[C@H](O)C/C=C/C(=O)N1CCOCC1)c1ccccc1. The molecule has 6 nitrogen and oxygen atoms in total. The number of nitrogens with zero attached hydrogens (tertiary/aromatic N) is 1. The summed E-state index contributed by atoms with van der Waals surface area (Å²) in [4.78, 5) is 25.3. The van der Waals surface area contributed by atoms with Gasteiger partial charge in [-0.25, -0.2) is 4.79 Å². The molecule has 0 unspecified atom stereocenters. The van der Waals surface area contributed by atoms with Crippen LogP contribution >= 0.6 is 0 Å². The van der Waals surface area contributed by atoms with Gasteiger partial charge in [0.2, 0.25) is 5.91 Å². The second kappa shape index (κ2) is 9.85. The van der Waals surface area contributed by atoms with Gasteiger partial charge in [0, 0.05) is 19.5 Å². The predicted molar refractivity (Wildman–Crippen MR) is 88.5 cm³/mol. The molecule has 1 aromatic carbocycles. The molecule has 1 aliphatic heterocycles. The van der Waals surface area contributed by atoms with Crippen LogP contribution in [-0.2, 0) is 14.3 Å². The molecule has 130 valence electrons. The van der Waals surface area contributed by atoms with Crippen LogP contribution < -0.4 is 0 Å². The minimum Gasteiger partial charge on any atom is -0.462 e. The Morgan fingerprint density at radius 1 is 1.25 bits per heavy atom. The largest absolute Gasteiger partial charge is 0.462 e. The molecule has 0 spiro atoms. The molecule has 0 aliphatic carbocycles. The highest BCUT2D eigenvalue weighted by Crippen LogP contribution is 2.05. The monoisotopic (exact) mass is 333 g/mol. The van der Waals surface area contributed by atoms with Crippen LogP contribution in [0.5, 0.6) is 0 Å². The summed E-state index contributed by atoms with van der Waals surface area (Å²) in [5.74, 6) is -0.471. The first kappa shape index (κ1) is 18.2. The summed E-state index contributed by atoms with van der Waals surface area (Å²) < 4.78 is 10.3. The van der Waals surface area contributed by atoms with Gasteiger partial charge in [-0.05, 0) is 24.6 Å². The van der Waals surface area contributed by atoms with E-state index in [1.165, 1.54) is 6.08 Å². The van der Waals surface area contributed by atoms with E-state index >= 15 is 0 Å². The molecule has 1 N–H and O–H groups in total.